The summed E-state index contributed by atoms with van der Waals surface area (Å²) < 4.78 is 10.9. The van der Waals surface area contributed by atoms with Gasteiger partial charge < -0.3 is 9.15 Å². The van der Waals surface area contributed by atoms with E-state index in [-0.39, 0.29) is 5.78 Å². The van der Waals surface area contributed by atoms with Gasteiger partial charge in [0.25, 0.3) is 0 Å². The van der Waals surface area contributed by atoms with Gasteiger partial charge >= 0.3 is 0 Å². The van der Waals surface area contributed by atoms with Crippen LogP contribution in [0.15, 0.2) is 52.9 Å². The molecule has 0 spiro atoms. The van der Waals surface area contributed by atoms with E-state index in [1.807, 2.05) is 42.5 Å². The van der Waals surface area contributed by atoms with Gasteiger partial charge in [-0.05, 0) is 55.5 Å². The number of ketones is 1. The van der Waals surface area contributed by atoms with Crippen LogP contribution < -0.4 is 4.74 Å². The summed E-state index contributed by atoms with van der Waals surface area (Å²) in [4.78, 5) is 11.4. The molecule has 0 saturated carbocycles. The van der Waals surface area contributed by atoms with Crippen LogP contribution in [0, 0.1) is 0 Å². The van der Waals surface area contributed by atoms with Crippen molar-refractivity contribution in [2.24, 2.45) is 0 Å². The van der Waals surface area contributed by atoms with Crippen molar-refractivity contribution in [2.45, 2.75) is 6.92 Å². The summed E-state index contributed by atoms with van der Waals surface area (Å²) in [5.41, 5.74) is 2.45. The molecule has 3 heteroatoms. The molecule has 0 fully saturated rings. The lowest BCUT2D eigenvalue weighted by Crippen LogP contribution is -1.89. The van der Waals surface area contributed by atoms with Crippen molar-refractivity contribution in [2.75, 3.05) is 7.11 Å². The predicted octanol–water partition coefficient (Wildman–Crippen LogP) is 4.31. The summed E-state index contributed by atoms with van der Waals surface area (Å²) >= 11 is 0. The van der Waals surface area contributed by atoms with Crippen molar-refractivity contribution in [1.82, 2.24) is 0 Å². The van der Waals surface area contributed by atoms with E-state index in [0.29, 0.717) is 5.56 Å². The Morgan fingerprint density at radius 2 is 1.80 bits per heavy atom. The number of fused-ring (bicyclic) bond motifs is 1. The SMILES string of the molecule is COc1ccc(-c2cc3cc(C(C)=O)ccc3o2)cc1. The highest BCUT2D eigenvalue weighted by Crippen LogP contribution is 2.29. The maximum atomic E-state index is 11.4. The minimum absolute atomic E-state index is 0.0547. The van der Waals surface area contributed by atoms with Gasteiger partial charge in [0.15, 0.2) is 5.78 Å². The Morgan fingerprint density at radius 1 is 1.05 bits per heavy atom. The number of benzene rings is 2. The van der Waals surface area contributed by atoms with Crippen LogP contribution in [-0.4, -0.2) is 12.9 Å². The highest BCUT2D eigenvalue weighted by Gasteiger charge is 2.08. The van der Waals surface area contributed by atoms with Crippen LogP contribution in [0.4, 0.5) is 0 Å². The van der Waals surface area contributed by atoms with Gasteiger partial charge in [-0.15, -0.1) is 0 Å². The molecule has 0 amide bonds. The number of rotatable bonds is 3. The molecular weight excluding hydrogens is 252 g/mol. The number of furan rings is 1. The van der Waals surface area contributed by atoms with Gasteiger partial charge in [-0.1, -0.05) is 0 Å². The molecule has 1 aromatic heterocycles. The van der Waals surface area contributed by atoms with E-state index < -0.39 is 0 Å². The summed E-state index contributed by atoms with van der Waals surface area (Å²) in [6.07, 6.45) is 0. The maximum absolute atomic E-state index is 11.4. The van der Waals surface area contributed by atoms with Gasteiger partial charge in [0, 0.05) is 16.5 Å². The molecule has 0 unspecified atom stereocenters. The first kappa shape index (κ1) is 12.5. The summed E-state index contributed by atoms with van der Waals surface area (Å²) in [5.74, 6) is 1.64. The van der Waals surface area contributed by atoms with E-state index >= 15 is 0 Å². The zero-order valence-corrected chi connectivity index (χ0v) is 11.3. The zero-order chi connectivity index (χ0) is 14.1. The fourth-order valence-corrected chi connectivity index (χ4v) is 2.16. The number of Topliss-reactive ketones (excluding diaryl/α,β-unsaturated/α-hetero) is 1. The fourth-order valence-electron chi connectivity index (χ4n) is 2.16. The molecular formula is C17H14O3. The number of hydrogen-bond donors (Lipinski definition) is 0. The van der Waals surface area contributed by atoms with Crippen LogP contribution in [0.3, 0.4) is 0 Å². The van der Waals surface area contributed by atoms with Crippen molar-refractivity contribution in [3.63, 3.8) is 0 Å². The third-order valence-corrected chi connectivity index (χ3v) is 3.30. The summed E-state index contributed by atoms with van der Waals surface area (Å²) in [6, 6.07) is 15.1. The van der Waals surface area contributed by atoms with Gasteiger partial charge in [-0.2, -0.15) is 0 Å². The molecule has 0 aliphatic carbocycles. The Hall–Kier alpha value is -2.55. The third kappa shape index (κ3) is 2.18. The van der Waals surface area contributed by atoms with Gasteiger partial charge in [-0.3, -0.25) is 4.79 Å². The Balaban J connectivity index is 2.05. The Kier molecular flexibility index (Phi) is 3.03. The molecule has 3 rings (SSSR count). The molecule has 1 heterocycles. The highest BCUT2D eigenvalue weighted by atomic mass is 16.5. The van der Waals surface area contributed by atoms with Crippen LogP contribution in [0.5, 0.6) is 5.75 Å². The monoisotopic (exact) mass is 266 g/mol. The first-order chi connectivity index (χ1) is 9.67. The topological polar surface area (TPSA) is 39.4 Å². The van der Waals surface area contributed by atoms with E-state index in [2.05, 4.69) is 0 Å². The molecule has 0 radical (unpaired) electrons. The van der Waals surface area contributed by atoms with E-state index in [0.717, 1.165) is 28.0 Å². The van der Waals surface area contributed by atoms with Crippen molar-refractivity contribution in [1.29, 1.82) is 0 Å². The average Bonchev–Trinajstić information content (AvgIpc) is 2.90. The first-order valence-corrected chi connectivity index (χ1v) is 6.36. The van der Waals surface area contributed by atoms with Crippen molar-refractivity contribution in [3.8, 4) is 17.1 Å². The Bertz CT molecular complexity index is 767. The average molecular weight is 266 g/mol. The first-order valence-electron chi connectivity index (χ1n) is 6.36. The van der Waals surface area contributed by atoms with Gasteiger partial charge in [-0.25, -0.2) is 0 Å². The van der Waals surface area contributed by atoms with Gasteiger partial charge in [0.05, 0.1) is 7.11 Å². The standard InChI is InChI=1S/C17H14O3/c1-11(18)13-5-8-16-14(9-13)10-17(20-16)12-3-6-15(19-2)7-4-12/h3-10H,1-2H3. The number of carbonyl (C=O) groups is 1. The van der Waals surface area contributed by atoms with E-state index in [4.69, 9.17) is 9.15 Å². The van der Waals surface area contributed by atoms with Gasteiger partial charge in [0.1, 0.15) is 17.1 Å². The molecule has 3 aromatic rings. The smallest absolute Gasteiger partial charge is 0.159 e. The number of hydrogen-bond acceptors (Lipinski definition) is 3. The number of methoxy groups -OCH3 is 1. The second kappa shape index (κ2) is 4.85. The largest absolute Gasteiger partial charge is 0.497 e. The lowest BCUT2D eigenvalue weighted by Gasteiger charge is -2.00. The molecule has 3 nitrogen and oxygen atoms in total. The molecule has 2 aromatic carbocycles. The third-order valence-electron chi connectivity index (χ3n) is 3.30. The summed E-state index contributed by atoms with van der Waals surface area (Å²) in [7, 11) is 1.64. The number of carbonyl (C=O) groups excluding carboxylic acids is 1. The second-order valence-electron chi connectivity index (χ2n) is 4.65. The Labute approximate surface area is 116 Å². The number of ether oxygens (including phenoxy) is 1. The highest BCUT2D eigenvalue weighted by molar-refractivity contribution is 5.98. The lowest BCUT2D eigenvalue weighted by atomic mass is 10.1. The van der Waals surface area contributed by atoms with E-state index in [1.54, 1.807) is 20.1 Å². The lowest BCUT2D eigenvalue weighted by molar-refractivity contribution is 0.101. The van der Waals surface area contributed by atoms with Crippen molar-refractivity contribution in [3.05, 3.63) is 54.1 Å². The van der Waals surface area contributed by atoms with Gasteiger partial charge in [0.2, 0.25) is 0 Å². The van der Waals surface area contributed by atoms with Crippen LogP contribution >= 0.6 is 0 Å². The fraction of sp³-hybridized carbons (Fsp3) is 0.118. The molecule has 100 valence electrons. The second-order valence-corrected chi connectivity index (χ2v) is 4.65. The summed E-state index contributed by atoms with van der Waals surface area (Å²) in [6.45, 7) is 1.56. The molecule has 0 N–H and O–H groups in total. The molecule has 0 saturated heterocycles. The van der Waals surface area contributed by atoms with Crippen molar-refractivity contribution < 1.29 is 13.9 Å². The van der Waals surface area contributed by atoms with E-state index in [1.165, 1.54) is 0 Å². The molecule has 0 aliphatic heterocycles. The predicted molar refractivity (Wildman–Crippen MR) is 78.2 cm³/mol. The summed E-state index contributed by atoms with van der Waals surface area (Å²) in [5, 5.41) is 0.934. The molecule has 20 heavy (non-hydrogen) atoms. The van der Waals surface area contributed by atoms with Crippen LogP contribution in [0.2, 0.25) is 0 Å². The minimum Gasteiger partial charge on any atom is -0.497 e. The van der Waals surface area contributed by atoms with Crippen LogP contribution in [0.25, 0.3) is 22.3 Å². The minimum atomic E-state index is 0.0547. The van der Waals surface area contributed by atoms with Crippen LogP contribution in [0.1, 0.15) is 17.3 Å². The molecule has 0 bridgehead atoms. The normalized spacial score (nSPS) is 10.7. The maximum Gasteiger partial charge on any atom is 0.159 e. The quantitative estimate of drug-likeness (QED) is 0.663. The van der Waals surface area contributed by atoms with Crippen molar-refractivity contribution >= 4 is 16.8 Å². The van der Waals surface area contributed by atoms with E-state index in [9.17, 15) is 4.79 Å². The Morgan fingerprint density at radius 3 is 2.45 bits per heavy atom. The zero-order valence-electron chi connectivity index (χ0n) is 11.3. The molecule has 0 aliphatic rings. The molecule has 0 atom stereocenters. The van der Waals surface area contributed by atoms with Crippen LogP contribution in [-0.2, 0) is 0 Å².